The van der Waals surface area contributed by atoms with Crippen LogP contribution in [0.3, 0.4) is 0 Å². The van der Waals surface area contributed by atoms with E-state index in [9.17, 15) is 4.79 Å². The fourth-order valence-corrected chi connectivity index (χ4v) is 2.40. The largest absolute Gasteiger partial charge is 0.396 e. The molecule has 0 bridgehead atoms. The molecule has 1 N–H and O–H groups in total. The molecule has 5 heteroatoms. The Hall–Kier alpha value is -0.580. The number of aliphatic hydroxyl groups excluding tert-OH is 1. The molecule has 86 valence electrons. The van der Waals surface area contributed by atoms with Gasteiger partial charge in [-0.3, -0.25) is 4.79 Å². The topological polar surface area (TPSA) is 40.5 Å². The minimum atomic E-state index is 0.0130. The second kappa shape index (κ2) is 4.73. The average molecular weight is 305 g/mol. The van der Waals surface area contributed by atoms with E-state index < -0.39 is 0 Å². The first-order valence-corrected chi connectivity index (χ1v) is 6.15. The van der Waals surface area contributed by atoms with Crippen LogP contribution in [-0.2, 0) is 4.79 Å². The van der Waals surface area contributed by atoms with E-state index in [0.717, 1.165) is 4.47 Å². The highest BCUT2D eigenvalue weighted by Crippen LogP contribution is 2.33. The van der Waals surface area contributed by atoms with Crippen LogP contribution < -0.4 is 4.90 Å². The molecule has 1 aromatic rings. The molecule has 16 heavy (non-hydrogen) atoms. The summed E-state index contributed by atoms with van der Waals surface area (Å²) in [6, 6.07) is 5.40. The van der Waals surface area contributed by atoms with Crippen molar-refractivity contribution in [3.05, 3.63) is 27.7 Å². The Labute approximate surface area is 107 Å². The van der Waals surface area contributed by atoms with E-state index >= 15 is 0 Å². The molecule has 1 amide bonds. The highest BCUT2D eigenvalue weighted by Gasteiger charge is 2.31. The number of aliphatic hydroxyl groups is 1. The van der Waals surface area contributed by atoms with Gasteiger partial charge in [-0.2, -0.15) is 0 Å². The third-order valence-corrected chi connectivity index (χ3v) is 3.48. The summed E-state index contributed by atoms with van der Waals surface area (Å²) >= 11 is 9.40. The Morgan fingerprint density at radius 2 is 2.31 bits per heavy atom. The number of carbonyl (C=O) groups is 1. The lowest BCUT2D eigenvalue weighted by molar-refractivity contribution is -0.117. The van der Waals surface area contributed by atoms with Crippen molar-refractivity contribution in [3.63, 3.8) is 0 Å². The molecule has 0 aromatic heterocycles. The van der Waals surface area contributed by atoms with E-state index in [1.165, 1.54) is 0 Å². The summed E-state index contributed by atoms with van der Waals surface area (Å²) in [6.07, 6.45) is 0.388. The monoisotopic (exact) mass is 303 g/mol. The highest BCUT2D eigenvalue weighted by molar-refractivity contribution is 9.10. The van der Waals surface area contributed by atoms with Gasteiger partial charge in [-0.15, -0.1) is 0 Å². The van der Waals surface area contributed by atoms with Crippen molar-refractivity contribution in [1.29, 1.82) is 0 Å². The number of rotatable bonds is 2. The molecule has 1 unspecified atom stereocenters. The summed E-state index contributed by atoms with van der Waals surface area (Å²) in [7, 11) is 0. The van der Waals surface area contributed by atoms with Gasteiger partial charge in [0.2, 0.25) is 5.91 Å². The number of hydrogen-bond donors (Lipinski definition) is 1. The average Bonchev–Trinajstić information content (AvgIpc) is 2.63. The van der Waals surface area contributed by atoms with Crippen LogP contribution in [0, 0.1) is 5.92 Å². The van der Waals surface area contributed by atoms with Gasteiger partial charge in [0.1, 0.15) is 0 Å². The van der Waals surface area contributed by atoms with Crippen LogP contribution in [0.1, 0.15) is 6.42 Å². The van der Waals surface area contributed by atoms with Crippen LogP contribution in [0.2, 0.25) is 5.02 Å². The third kappa shape index (κ3) is 2.24. The number of nitrogens with zero attached hydrogens (tertiary/aromatic N) is 1. The molecule has 1 aromatic carbocycles. The summed E-state index contributed by atoms with van der Waals surface area (Å²) in [5, 5.41) is 9.60. The molecule has 1 aliphatic heterocycles. The first-order chi connectivity index (χ1) is 7.61. The van der Waals surface area contributed by atoms with Crippen LogP contribution in [-0.4, -0.2) is 24.2 Å². The summed E-state index contributed by atoms with van der Waals surface area (Å²) in [5.74, 6) is 0.0293. The smallest absolute Gasteiger partial charge is 0.227 e. The van der Waals surface area contributed by atoms with E-state index in [-0.39, 0.29) is 18.4 Å². The Bertz CT molecular complexity index is 424. The fourth-order valence-electron chi connectivity index (χ4n) is 1.83. The summed E-state index contributed by atoms with van der Waals surface area (Å²) in [4.78, 5) is 13.4. The maximum absolute atomic E-state index is 11.7. The van der Waals surface area contributed by atoms with Gasteiger partial charge >= 0.3 is 0 Å². The van der Waals surface area contributed by atoms with Crippen molar-refractivity contribution in [3.8, 4) is 0 Å². The number of hydrogen-bond acceptors (Lipinski definition) is 2. The summed E-state index contributed by atoms with van der Waals surface area (Å²) in [6.45, 7) is 0.569. The molecule has 1 fully saturated rings. The molecule has 1 atom stereocenters. The van der Waals surface area contributed by atoms with E-state index in [0.29, 0.717) is 23.7 Å². The summed E-state index contributed by atoms with van der Waals surface area (Å²) in [5.41, 5.74) is 0.706. The quantitative estimate of drug-likeness (QED) is 0.912. The van der Waals surface area contributed by atoms with Crippen LogP contribution in [0.15, 0.2) is 22.7 Å². The second-order valence-electron chi connectivity index (χ2n) is 3.85. The lowest BCUT2D eigenvalue weighted by Gasteiger charge is -2.18. The van der Waals surface area contributed by atoms with Crippen molar-refractivity contribution < 1.29 is 9.90 Å². The van der Waals surface area contributed by atoms with Gasteiger partial charge < -0.3 is 10.0 Å². The first-order valence-electron chi connectivity index (χ1n) is 4.98. The Morgan fingerprint density at radius 3 is 2.94 bits per heavy atom. The van der Waals surface area contributed by atoms with E-state index in [1.807, 2.05) is 12.1 Å². The van der Waals surface area contributed by atoms with Gasteiger partial charge in [0.15, 0.2) is 0 Å². The first kappa shape index (κ1) is 11.9. The zero-order chi connectivity index (χ0) is 11.7. The van der Waals surface area contributed by atoms with Crippen molar-refractivity contribution >= 4 is 39.1 Å². The van der Waals surface area contributed by atoms with Gasteiger partial charge in [-0.1, -0.05) is 27.5 Å². The fraction of sp³-hybridized carbons (Fsp3) is 0.364. The molecule has 2 rings (SSSR count). The summed E-state index contributed by atoms with van der Waals surface area (Å²) < 4.78 is 0.882. The number of anilines is 1. The molecule has 0 saturated carbocycles. The maximum atomic E-state index is 11.7. The number of halogens is 2. The SMILES string of the molecule is O=C1CC(CO)CN1c1cc(Br)ccc1Cl. The molecule has 0 aliphatic carbocycles. The molecule has 3 nitrogen and oxygen atoms in total. The molecule has 1 heterocycles. The highest BCUT2D eigenvalue weighted by atomic mass is 79.9. The molecular formula is C11H11BrClNO2. The zero-order valence-corrected chi connectivity index (χ0v) is 10.8. The van der Waals surface area contributed by atoms with Gasteiger partial charge in [0.05, 0.1) is 10.7 Å². The number of carbonyl (C=O) groups excluding carboxylic acids is 1. The lowest BCUT2D eigenvalue weighted by Crippen LogP contribution is -2.25. The minimum absolute atomic E-state index is 0.0130. The van der Waals surface area contributed by atoms with E-state index in [2.05, 4.69) is 15.9 Å². The maximum Gasteiger partial charge on any atom is 0.227 e. The van der Waals surface area contributed by atoms with Gasteiger partial charge in [0, 0.05) is 30.0 Å². The van der Waals surface area contributed by atoms with Crippen LogP contribution >= 0.6 is 27.5 Å². The van der Waals surface area contributed by atoms with Crippen molar-refractivity contribution in [2.45, 2.75) is 6.42 Å². The van der Waals surface area contributed by atoms with Gasteiger partial charge in [0.25, 0.3) is 0 Å². The molecule has 0 spiro atoms. The van der Waals surface area contributed by atoms with E-state index in [4.69, 9.17) is 16.7 Å². The molecule has 0 radical (unpaired) electrons. The minimum Gasteiger partial charge on any atom is -0.396 e. The van der Waals surface area contributed by atoms with Gasteiger partial charge in [-0.25, -0.2) is 0 Å². The molecular weight excluding hydrogens is 293 g/mol. The third-order valence-electron chi connectivity index (χ3n) is 2.66. The molecule has 1 aliphatic rings. The van der Waals surface area contributed by atoms with Crippen molar-refractivity contribution in [2.75, 3.05) is 18.1 Å². The van der Waals surface area contributed by atoms with Crippen molar-refractivity contribution in [1.82, 2.24) is 0 Å². The lowest BCUT2D eigenvalue weighted by atomic mass is 10.1. The van der Waals surface area contributed by atoms with Crippen LogP contribution in [0.4, 0.5) is 5.69 Å². The van der Waals surface area contributed by atoms with Crippen LogP contribution in [0.25, 0.3) is 0 Å². The Morgan fingerprint density at radius 1 is 1.56 bits per heavy atom. The predicted molar refractivity (Wildman–Crippen MR) is 66.7 cm³/mol. The normalized spacial score (nSPS) is 20.6. The predicted octanol–water partition coefficient (Wildman–Crippen LogP) is 2.45. The van der Waals surface area contributed by atoms with Gasteiger partial charge in [-0.05, 0) is 18.2 Å². The number of benzene rings is 1. The zero-order valence-electron chi connectivity index (χ0n) is 8.49. The van der Waals surface area contributed by atoms with Crippen molar-refractivity contribution in [2.24, 2.45) is 5.92 Å². The Balaban J connectivity index is 2.30. The Kier molecular flexibility index (Phi) is 3.52. The van der Waals surface area contributed by atoms with Crippen LogP contribution in [0.5, 0.6) is 0 Å². The van der Waals surface area contributed by atoms with E-state index in [1.54, 1.807) is 11.0 Å². The number of amides is 1. The standard InChI is InChI=1S/C11H11BrClNO2/c12-8-1-2-9(13)10(4-8)14-5-7(6-15)3-11(14)16/h1-2,4,7,15H,3,5-6H2. The molecule has 1 saturated heterocycles. The second-order valence-corrected chi connectivity index (χ2v) is 5.18.